The molecule has 0 bridgehead atoms. The summed E-state index contributed by atoms with van der Waals surface area (Å²) < 4.78 is 11.7. The minimum absolute atomic E-state index is 0.101. The molecule has 152 valence electrons. The molecule has 0 saturated heterocycles. The largest absolute Gasteiger partial charge is 0.434 e. The van der Waals surface area contributed by atoms with Crippen molar-refractivity contribution in [1.29, 1.82) is 0 Å². The smallest absolute Gasteiger partial charge is 0.320 e. The Labute approximate surface area is 165 Å². The molecule has 27 heavy (non-hydrogen) atoms. The Hall–Kier alpha value is -1.20. The van der Waals surface area contributed by atoms with Gasteiger partial charge in [0.2, 0.25) is 0 Å². The van der Waals surface area contributed by atoms with E-state index in [9.17, 15) is 9.59 Å². The number of ketones is 1. The lowest BCUT2D eigenvalue weighted by molar-refractivity contribution is -0.146. The summed E-state index contributed by atoms with van der Waals surface area (Å²) in [5.41, 5.74) is -0.679. The molecule has 0 aromatic heterocycles. The fourth-order valence-corrected chi connectivity index (χ4v) is 5.36. The lowest BCUT2D eigenvalue weighted by Gasteiger charge is -2.47. The Bertz CT molecular complexity index is 672. The number of cyclic esters (lactones) is 1. The number of esters is 1. The van der Waals surface area contributed by atoms with Gasteiger partial charge in [-0.2, -0.15) is 0 Å². The van der Waals surface area contributed by atoms with Crippen LogP contribution in [-0.4, -0.2) is 26.7 Å². The zero-order valence-electron chi connectivity index (χ0n) is 18.3. The van der Waals surface area contributed by atoms with Crippen LogP contribution in [0.3, 0.4) is 0 Å². The summed E-state index contributed by atoms with van der Waals surface area (Å²) in [5, 5.41) is 0.133. The van der Waals surface area contributed by atoms with E-state index >= 15 is 0 Å². The molecule has 2 rings (SSSR count). The van der Waals surface area contributed by atoms with Gasteiger partial charge < -0.3 is 9.16 Å². The molecule has 0 aromatic carbocycles. The molecule has 0 amide bonds. The van der Waals surface area contributed by atoms with Gasteiger partial charge in [0, 0.05) is 13.0 Å². The van der Waals surface area contributed by atoms with E-state index in [4.69, 9.17) is 9.16 Å². The zero-order chi connectivity index (χ0) is 20.8. The third-order valence-electron chi connectivity index (χ3n) is 7.37. The summed E-state index contributed by atoms with van der Waals surface area (Å²) >= 11 is 0. The van der Waals surface area contributed by atoms with Gasteiger partial charge >= 0.3 is 5.97 Å². The van der Waals surface area contributed by atoms with Crippen molar-refractivity contribution in [3.63, 3.8) is 0 Å². The van der Waals surface area contributed by atoms with Crippen LogP contribution in [0, 0.1) is 22.7 Å². The van der Waals surface area contributed by atoms with E-state index < -0.39 is 19.1 Å². The van der Waals surface area contributed by atoms with Gasteiger partial charge in [0.25, 0.3) is 0 Å². The first-order valence-corrected chi connectivity index (χ1v) is 12.8. The van der Waals surface area contributed by atoms with E-state index in [1.54, 1.807) is 0 Å². The van der Waals surface area contributed by atoms with Crippen molar-refractivity contribution in [2.45, 2.75) is 72.5 Å². The average molecular weight is 393 g/mol. The third kappa shape index (κ3) is 3.49. The number of rotatable bonds is 6. The molecule has 0 N–H and O–H groups in total. The third-order valence-corrected chi connectivity index (χ3v) is 11.9. The fraction of sp³-hybridized carbons (Fsp3) is 0.727. The highest BCUT2D eigenvalue weighted by molar-refractivity contribution is 6.74. The zero-order valence-corrected chi connectivity index (χ0v) is 19.3. The second-order valence-corrected chi connectivity index (χ2v) is 15.0. The summed E-state index contributed by atoms with van der Waals surface area (Å²) in [7, 11) is -1.88. The Kier molecular flexibility index (Phi) is 5.72. The van der Waals surface area contributed by atoms with Crippen LogP contribution in [0.15, 0.2) is 24.5 Å². The van der Waals surface area contributed by atoms with E-state index in [1.807, 2.05) is 19.9 Å². The molecule has 2 aliphatic rings. The maximum atomic E-state index is 13.1. The van der Waals surface area contributed by atoms with Crippen molar-refractivity contribution < 1.29 is 18.8 Å². The molecule has 0 spiro atoms. The first-order valence-electron chi connectivity index (χ1n) is 9.94. The predicted molar refractivity (Wildman–Crippen MR) is 111 cm³/mol. The number of hydrogen-bond acceptors (Lipinski definition) is 4. The molecule has 1 saturated carbocycles. The van der Waals surface area contributed by atoms with Crippen LogP contribution in [0.2, 0.25) is 18.1 Å². The molecule has 0 radical (unpaired) electrons. The Morgan fingerprint density at radius 3 is 2.44 bits per heavy atom. The SMILES string of the molecule is C=C[C@@H]([C@@H](C)CO[Si](C)(C)C(C)(C)C)[C@@]1(C)C(=O)CC[C@]2(C)C(=O)OC=C21. The molecular weight excluding hydrogens is 356 g/mol. The van der Waals surface area contributed by atoms with Gasteiger partial charge in [0.1, 0.15) is 5.78 Å². The molecule has 5 heteroatoms. The van der Waals surface area contributed by atoms with Crippen LogP contribution in [0.25, 0.3) is 0 Å². The first kappa shape index (κ1) is 22.1. The quantitative estimate of drug-likeness (QED) is 0.351. The number of carbonyl (C=O) groups is 2. The van der Waals surface area contributed by atoms with Crippen LogP contribution < -0.4 is 0 Å². The monoisotopic (exact) mass is 392 g/mol. The van der Waals surface area contributed by atoms with Crippen LogP contribution in [0.4, 0.5) is 0 Å². The second-order valence-electron chi connectivity index (χ2n) is 10.2. The summed E-state index contributed by atoms with van der Waals surface area (Å²) in [4.78, 5) is 25.4. The van der Waals surface area contributed by atoms with Crippen molar-refractivity contribution in [1.82, 2.24) is 0 Å². The molecular formula is C22H36O4Si. The average Bonchev–Trinajstić information content (AvgIpc) is 2.86. The summed E-state index contributed by atoms with van der Waals surface area (Å²) in [6, 6.07) is 0. The number of carbonyl (C=O) groups excluding carboxylic acids is 2. The summed E-state index contributed by atoms with van der Waals surface area (Å²) in [5.74, 6) is -0.0996. The highest BCUT2D eigenvalue weighted by atomic mass is 28.4. The van der Waals surface area contributed by atoms with Crippen molar-refractivity contribution in [3.8, 4) is 0 Å². The summed E-state index contributed by atoms with van der Waals surface area (Å²) in [6.45, 7) is 21.7. The maximum Gasteiger partial charge on any atom is 0.320 e. The number of hydrogen-bond donors (Lipinski definition) is 0. The Morgan fingerprint density at radius 2 is 1.93 bits per heavy atom. The van der Waals surface area contributed by atoms with Crippen LogP contribution in [0.1, 0.15) is 54.4 Å². The van der Waals surface area contributed by atoms with Gasteiger partial charge in [-0.1, -0.05) is 33.8 Å². The number of fused-ring (bicyclic) bond motifs is 1. The normalized spacial score (nSPS) is 31.0. The maximum absolute atomic E-state index is 13.1. The molecule has 0 unspecified atom stereocenters. The van der Waals surface area contributed by atoms with Crippen molar-refractivity contribution in [3.05, 3.63) is 24.5 Å². The van der Waals surface area contributed by atoms with Gasteiger partial charge in [-0.25, -0.2) is 0 Å². The second kappa shape index (κ2) is 7.00. The molecule has 1 aliphatic heterocycles. The van der Waals surface area contributed by atoms with Crippen LogP contribution in [-0.2, 0) is 18.8 Å². The van der Waals surface area contributed by atoms with Gasteiger partial charge in [-0.3, -0.25) is 9.59 Å². The van der Waals surface area contributed by atoms with E-state index in [0.717, 1.165) is 5.57 Å². The highest BCUT2D eigenvalue weighted by Crippen LogP contribution is 2.57. The van der Waals surface area contributed by atoms with Crippen LogP contribution >= 0.6 is 0 Å². The molecule has 0 aromatic rings. The van der Waals surface area contributed by atoms with Crippen LogP contribution in [0.5, 0.6) is 0 Å². The lowest BCUT2D eigenvalue weighted by atomic mass is 9.54. The Balaban J connectivity index is 2.30. The minimum Gasteiger partial charge on any atom is -0.434 e. The van der Waals surface area contributed by atoms with Crippen molar-refractivity contribution in [2.24, 2.45) is 22.7 Å². The fourth-order valence-electron chi connectivity index (χ4n) is 4.25. The Morgan fingerprint density at radius 1 is 1.33 bits per heavy atom. The predicted octanol–water partition coefficient (Wildman–Crippen LogP) is 5.26. The lowest BCUT2D eigenvalue weighted by Crippen LogP contribution is -2.50. The van der Waals surface area contributed by atoms with E-state index in [0.29, 0.717) is 19.4 Å². The topological polar surface area (TPSA) is 52.6 Å². The molecule has 1 heterocycles. The number of Topliss-reactive ketones (excluding diaryl/α,β-unsaturated/α-hetero) is 1. The standard InChI is InChI=1S/C22H36O4Si/c1-10-16(15(2)13-26-27(8,9)20(3,4)5)22(7)17-14-25-19(24)21(17,6)12-11-18(22)23/h10,14-16H,1,11-13H2,2-9H3/t15-,16-,21-,22+/m0/s1. The van der Waals surface area contributed by atoms with E-state index in [2.05, 4.69) is 47.4 Å². The van der Waals surface area contributed by atoms with E-state index in [1.165, 1.54) is 6.26 Å². The van der Waals surface area contributed by atoms with Gasteiger partial charge in [0.05, 0.1) is 17.1 Å². The molecule has 4 nitrogen and oxygen atoms in total. The number of allylic oxidation sites excluding steroid dienone is 1. The van der Waals surface area contributed by atoms with E-state index in [-0.39, 0.29) is 28.6 Å². The van der Waals surface area contributed by atoms with Gasteiger partial charge in [-0.15, -0.1) is 6.58 Å². The van der Waals surface area contributed by atoms with Crippen molar-refractivity contribution in [2.75, 3.05) is 6.61 Å². The molecule has 4 atom stereocenters. The first-order chi connectivity index (χ1) is 12.2. The van der Waals surface area contributed by atoms with Gasteiger partial charge in [-0.05, 0) is 55.8 Å². The molecule has 1 fully saturated rings. The highest BCUT2D eigenvalue weighted by Gasteiger charge is 2.59. The summed E-state index contributed by atoms with van der Waals surface area (Å²) in [6.07, 6.45) is 4.30. The van der Waals surface area contributed by atoms with Crippen molar-refractivity contribution >= 4 is 20.1 Å². The number of ether oxygens (including phenoxy) is 1. The molecule has 1 aliphatic carbocycles. The minimum atomic E-state index is -1.88. The van der Waals surface area contributed by atoms with Gasteiger partial charge in [0.15, 0.2) is 8.32 Å².